The molecule has 0 amide bonds. The van der Waals surface area contributed by atoms with E-state index in [-0.39, 0.29) is 17.6 Å². The van der Waals surface area contributed by atoms with Gasteiger partial charge in [0.05, 0.1) is 6.10 Å². The van der Waals surface area contributed by atoms with Gasteiger partial charge in [0.2, 0.25) is 0 Å². The lowest BCUT2D eigenvalue weighted by Crippen LogP contribution is -2.38. The van der Waals surface area contributed by atoms with Crippen molar-refractivity contribution in [1.82, 2.24) is 5.32 Å². The first-order valence-corrected chi connectivity index (χ1v) is 7.73. The van der Waals surface area contributed by atoms with E-state index in [1.54, 1.807) is 0 Å². The molecule has 1 aromatic carbocycles. The lowest BCUT2D eigenvalue weighted by Gasteiger charge is -2.28. The van der Waals surface area contributed by atoms with E-state index in [1.807, 2.05) is 32.9 Å². The predicted molar refractivity (Wildman–Crippen MR) is 83.9 cm³/mol. The van der Waals surface area contributed by atoms with E-state index in [4.69, 9.17) is 9.47 Å². The summed E-state index contributed by atoms with van der Waals surface area (Å²) in [5.74, 6) is 1.63. The minimum atomic E-state index is -0.372. The lowest BCUT2D eigenvalue weighted by atomic mass is 9.89. The summed E-state index contributed by atoms with van der Waals surface area (Å²) in [6.45, 7) is 10.1. The number of ether oxygens (including phenoxy) is 2. The zero-order valence-electron chi connectivity index (χ0n) is 13.5. The summed E-state index contributed by atoms with van der Waals surface area (Å²) in [4.78, 5) is 0. The number of hydrogen-bond acceptors (Lipinski definition) is 4. The van der Waals surface area contributed by atoms with Crippen LogP contribution in [0, 0.1) is 5.41 Å². The maximum absolute atomic E-state index is 10.2. The Balaban J connectivity index is 2.04. The fourth-order valence-electron chi connectivity index (χ4n) is 2.33. The van der Waals surface area contributed by atoms with Crippen molar-refractivity contribution in [1.29, 1.82) is 0 Å². The summed E-state index contributed by atoms with van der Waals surface area (Å²) < 4.78 is 11.2. The quantitative estimate of drug-likeness (QED) is 0.876. The molecule has 4 heteroatoms. The van der Waals surface area contributed by atoms with Gasteiger partial charge in [0.15, 0.2) is 11.5 Å². The summed E-state index contributed by atoms with van der Waals surface area (Å²) in [7, 11) is 0. The van der Waals surface area contributed by atoms with Crippen molar-refractivity contribution in [3.8, 4) is 11.5 Å². The molecule has 1 heterocycles. The molecular weight excluding hydrogens is 266 g/mol. The van der Waals surface area contributed by atoms with Crippen LogP contribution in [0.1, 0.15) is 45.7 Å². The maximum Gasteiger partial charge on any atom is 0.161 e. The van der Waals surface area contributed by atoms with E-state index in [0.717, 1.165) is 17.9 Å². The largest absolute Gasteiger partial charge is 0.486 e. The smallest absolute Gasteiger partial charge is 0.161 e. The molecule has 0 aliphatic carbocycles. The van der Waals surface area contributed by atoms with E-state index in [2.05, 4.69) is 18.3 Å². The van der Waals surface area contributed by atoms with Gasteiger partial charge in [-0.25, -0.2) is 0 Å². The number of fused-ring (bicyclic) bond motifs is 1. The molecule has 0 aromatic heterocycles. The second kappa shape index (κ2) is 6.67. The Morgan fingerprint density at radius 3 is 2.48 bits per heavy atom. The highest BCUT2D eigenvalue weighted by Gasteiger charge is 2.23. The number of nitrogens with one attached hydrogen (secondary N) is 1. The van der Waals surface area contributed by atoms with E-state index >= 15 is 0 Å². The molecule has 2 N–H and O–H groups in total. The van der Waals surface area contributed by atoms with Crippen LogP contribution in [-0.4, -0.2) is 31.0 Å². The molecule has 0 radical (unpaired) electrons. The van der Waals surface area contributed by atoms with Gasteiger partial charge in [-0.05, 0) is 29.5 Å². The van der Waals surface area contributed by atoms with E-state index in [9.17, 15) is 5.11 Å². The molecule has 0 bridgehead atoms. The maximum atomic E-state index is 10.2. The number of rotatable bonds is 5. The standard InChI is InChI=1S/C17H27NO3/c1-5-13(18-11-16(19)17(2,3)4)12-6-7-14-15(10-12)21-9-8-20-14/h6-7,10,13,16,18-19H,5,8-9,11H2,1-4H3. The van der Waals surface area contributed by atoms with Crippen molar-refractivity contribution >= 4 is 0 Å². The predicted octanol–water partition coefficient (Wildman–Crippen LogP) is 2.91. The van der Waals surface area contributed by atoms with E-state index in [0.29, 0.717) is 19.8 Å². The van der Waals surface area contributed by atoms with Gasteiger partial charge in [0.1, 0.15) is 13.2 Å². The van der Waals surface area contributed by atoms with Crippen molar-refractivity contribution in [2.24, 2.45) is 5.41 Å². The normalized spacial score (nSPS) is 17.4. The molecule has 1 aromatic rings. The zero-order valence-corrected chi connectivity index (χ0v) is 13.5. The molecule has 2 atom stereocenters. The molecule has 4 nitrogen and oxygen atoms in total. The fourth-order valence-corrected chi connectivity index (χ4v) is 2.33. The highest BCUT2D eigenvalue weighted by molar-refractivity contribution is 5.44. The van der Waals surface area contributed by atoms with E-state index < -0.39 is 0 Å². The van der Waals surface area contributed by atoms with Crippen molar-refractivity contribution in [2.75, 3.05) is 19.8 Å². The van der Waals surface area contributed by atoms with Gasteiger partial charge in [-0.3, -0.25) is 0 Å². The fraction of sp³-hybridized carbons (Fsp3) is 0.647. The van der Waals surface area contributed by atoms with Crippen LogP contribution in [0.2, 0.25) is 0 Å². The number of aliphatic hydroxyl groups is 1. The summed E-state index contributed by atoms with van der Waals surface area (Å²) in [6, 6.07) is 6.28. The Bertz CT molecular complexity index is 468. The third-order valence-corrected chi connectivity index (χ3v) is 3.93. The van der Waals surface area contributed by atoms with Crippen LogP contribution >= 0.6 is 0 Å². The van der Waals surface area contributed by atoms with Crippen LogP contribution in [0.3, 0.4) is 0 Å². The Kier molecular flexibility index (Phi) is 5.12. The molecule has 0 fully saturated rings. The first kappa shape index (κ1) is 16.1. The molecule has 0 spiro atoms. The Morgan fingerprint density at radius 1 is 1.19 bits per heavy atom. The molecular formula is C17H27NO3. The SMILES string of the molecule is CCC(NCC(O)C(C)(C)C)c1ccc2c(c1)OCCO2. The number of aliphatic hydroxyl groups excluding tert-OH is 1. The van der Waals surface area contributed by atoms with Crippen molar-refractivity contribution in [2.45, 2.75) is 46.3 Å². The molecule has 0 saturated carbocycles. The Labute approximate surface area is 127 Å². The molecule has 118 valence electrons. The second-order valence-electron chi connectivity index (χ2n) is 6.65. The van der Waals surface area contributed by atoms with Crippen LogP contribution in [0.5, 0.6) is 11.5 Å². The van der Waals surface area contributed by atoms with Crippen molar-refractivity contribution < 1.29 is 14.6 Å². The third kappa shape index (κ3) is 4.11. The number of hydrogen-bond donors (Lipinski definition) is 2. The van der Waals surface area contributed by atoms with Gasteiger partial charge < -0.3 is 19.9 Å². The Morgan fingerprint density at radius 2 is 1.86 bits per heavy atom. The van der Waals surface area contributed by atoms with Gasteiger partial charge in [-0.2, -0.15) is 0 Å². The van der Waals surface area contributed by atoms with Gasteiger partial charge in [0, 0.05) is 12.6 Å². The van der Waals surface area contributed by atoms with E-state index in [1.165, 1.54) is 5.56 Å². The van der Waals surface area contributed by atoms with Crippen LogP contribution in [0.25, 0.3) is 0 Å². The summed E-state index contributed by atoms with van der Waals surface area (Å²) in [5.41, 5.74) is 1.06. The van der Waals surface area contributed by atoms with Crippen LogP contribution < -0.4 is 14.8 Å². The first-order chi connectivity index (χ1) is 9.91. The molecule has 1 aliphatic heterocycles. The number of benzene rings is 1. The zero-order chi connectivity index (χ0) is 15.5. The Hall–Kier alpha value is -1.26. The molecule has 21 heavy (non-hydrogen) atoms. The van der Waals surface area contributed by atoms with Crippen molar-refractivity contribution in [3.05, 3.63) is 23.8 Å². The first-order valence-electron chi connectivity index (χ1n) is 7.73. The average Bonchev–Trinajstić information content (AvgIpc) is 2.46. The minimum absolute atomic E-state index is 0.113. The van der Waals surface area contributed by atoms with Crippen LogP contribution in [0.15, 0.2) is 18.2 Å². The second-order valence-corrected chi connectivity index (χ2v) is 6.65. The lowest BCUT2D eigenvalue weighted by molar-refractivity contribution is 0.0602. The van der Waals surface area contributed by atoms with Gasteiger partial charge in [0.25, 0.3) is 0 Å². The highest BCUT2D eigenvalue weighted by atomic mass is 16.6. The third-order valence-electron chi connectivity index (χ3n) is 3.93. The minimum Gasteiger partial charge on any atom is -0.486 e. The molecule has 0 saturated heterocycles. The van der Waals surface area contributed by atoms with Crippen LogP contribution in [-0.2, 0) is 0 Å². The van der Waals surface area contributed by atoms with Gasteiger partial charge in [-0.1, -0.05) is 33.8 Å². The van der Waals surface area contributed by atoms with Gasteiger partial charge >= 0.3 is 0 Å². The van der Waals surface area contributed by atoms with Gasteiger partial charge in [-0.15, -0.1) is 0 Å². The topological polar surface area (TPSA) is 50.7 Å². The molecule has 2 unspecified atom stereocenters. The monoisotopic (exact) mass is 293 g/mol. The van der Waals surface area contributed by atoms with Crippen LogP contribution in [0.4, 0.5) is 0 Å². The summed E-state index contributed by atoms with van der Waals surface area (Å²) in [5, 5.41) is 13.6. The van der Waals surface area contributed by atoms with Crippen molar-refractivity contribution in [3.63, 3.8) is 0 Å². The molecule has 2 rings (SSSR count). The average molecular weight is 293 g/mol. The highest BCUT2D eigenvalue weighted by Crippen LogP contribution is 2.33. The molecule has 1 aliphatic rings. The summed E-state index contributed by atoms with van der Waals surface area (Å²) >= 11 is 0. The summed E-state index contributed by atoms with van der Waals surface area (Å²) in [6.07, 6.45) is 0.583.